The largest absolute Gasteiger partial charge is 0.419 e. The number of fused-ring (bicyclic) bond motifs is 1. The molecule has 0 radical (unpaired) electrons. The van der Waals surface area contributed by atoms with Crippen LogP contribution in [0.4, 0.5) is 5.69 Å². The molecule has 8 nitrogen and oxygen atoms in total. The molecule has 0 aliphatic rings. The average Bonchev–Trinajstić information content (AvgIpc) is 2.98. The van der Waals surface area contributed by atoms with Crippen LogP contribution in [-0.2, 0) is 11.3 Å². The molecule has 152 valence electrons. The standard InChI is InChI=1S/C19H17Cl2N3O5/c1-11(12-4-6-14(20)15(21)9-12)22-18(25)3-2-8-23-16-7-5-13(24(27)28)10-17(16)29-19(23)26/h4-7,9-11H,2-3,8H2,1H3,(H,22,25). The van der Waals surface area contributed by atoms with E-state index in [4.69, 9.17) is 27.6 Å². The molecular weight excluding hydrogens is 421 g/mol. The van der Waals surface area contributed by atoms with Crippen LogP contribution in [0.2, 0.25) is 10.0 Å². The van der Waals surface area contributed by atoms with Crippen LogP contribution in [0.15, 0.2) is 45.6 Å². The number of non-ortho nitro benzene ring substituents is 1. The second kappa shape index (κ2) is 8.67. The molecule has 1 amide bonds. The van der Waals surface area contributed by atoms with Gasteiger partial charge in [-0.25, -0.2) is 4.79 Å². The number of amides is 1. The second-order valence-electron chi connectivity index (χ2n) is 6.50. The Kier molecular flexibility index (Phi) is 6.24. The van der Waals surface area contributed by atoms with E-state index < -0.39 is 10.7 Å². The quantitative estimate of drug-likeness (QED) is 0.433. The number of halogens is 2. The van der Waals surface area contributed by atoms with Gasteiger partial charge in [0.05, 0.1) is 32.6 Å². The average molecular weight is 438 g/mol. The first kappa shape index (κ1) is 20.9. The number of rotatable bonds is 7. The van der Waals surface area contributed by atoms with Crippen LogP contribution in [0.1, 0.15) is 31.4 Å². The highest BCUT2D eigenvalue weighted by molar-refractivity contribution is 6.42. The summed E-state index contributed by atoms with van der Waals surface area (Å²) >= 11 is 11.9. The normalized spacial score (nSPS) is 12.1. The highest BCUT2D eigenvalue weighted by atomic mass is 35.5. The first-order chi connectivity index (χ1) is 13.8. The van der Waals surface area contributed by atoms with Crippen LogP contribution >= 0.6 is 23.2 Å². The summed E-state index contributed by atoms with van der Waals surface area (Å²) in [5.41, 5.74) is 1.26. The van der Waals surface area contributed by atoms with Crippen LogP contribution in [-0.4, -0.2) is 15.4 Å². The molecular formula is C19H17Cl2N3O5. The molecule has 0 saturated heterocycles. The van der Waals surface area contributed by atoms with Crippen molar-refractivity contribution in [3.8, 4) is 0 Å². The van der Waals surface area contributed by atoms with E-state index in [-0.39, 0.29) is 36.2 Å². The highest BCUT2D eigenvalue weighted by Gasteiger charge is 2.15. The number of nitro benzene ring substituents is 1. The number of nitrogens with zero attached hydrogens (tertiary/aromatic N) is 2. The van der Waals surface area contributed by atoms with Crippen LogP contribution in [0.5, 0.6) is 0 Å². The molecule has 1 unspecified atom stereocenters. The molecule has 1 heterocycles. The predicted octanol–water partition coefficient (Wildman–Crippen LogP) is 4.47. The van der Waals surface area contributed by atoms with Gasteiger partial charge in [0.2, 0.25) is 5.91 Å². The summed E-state index contributed by atoms with van der Waals surface area (Å²) in [7, 11) is 0. The number of hydrogen-bond acceptors (Lipinski definition) is 5. The van der Waals surface area contributed by atoms with E-state index in [0.717, 1.165) is 5.56 Å². The van der Waals surface area contributed by atoms with Crippen molar-refractivity contribution in [2.24, 2.45) is 0 Å². The Bertz CT molecular complexity index is 1140. The van der Waals surface area contributed by atoms with Crippen molar-refractivity contribution in [2.75, 3.05) is 0 Å². The summed E-state index contributed by atoms with van der Waals surface area (Å²) in [5.74, 6) is -0.801. The summed E-state index contributed by atoms with van der Waals surface area (Å²) in [4.78, 5) is 34.5. The minimum absolute atomic E-state index is 0.141. The van der Waals surface area contributed by atoms with Gasteiger partial charge in [-0.2, -0.15) is 0 Å². The van der Waals surface area contributed by atoms with Crippen LogP contribution < -0.4 is 11.1 Å². The number of hydrogen-bond donors (Lipinski definition) is 1. The minimum Gasteiger partial charge on any atom is -0.407 e. The van der Waals surface area contributed by atoms with E-state index >= 15 is 0 Å². The molecule has 0 spiro atoms. The zero-order valence-electron chi connectivity index (χ0n) is 15.4. The van der Waals surface area contributed by atoms with Crippen LogP contribution in [0.3, 0.4) is 0 Å². The van der Waals surface area contributed by atoms with E-state index in [9.17, 15) is 19.7 Å². The molecule has 3 aromatic rings. The van der Waals surface area contributed by atoms with Crippen molar-refractivity contribution < 1.29 is 14.1 Å². The van der Waals surface area contributed by atoms with Crippen molar-refractivity contribution in [1.29, 1.82) is 0 Å². The summed E-state index contributed by atoms with van der Waals surface area (Å²) in [6, 6.07) is 8.88. The number of aromatic nitrogens is 1. The zero-order valence-corrected chi connectivity index (χ0v) is 16.9. The summed E-state index contributed by atoms with van der Waals surface area (Å²) in [6.07, 6.45) is 0.587. The van der Waals surface area contributed by atoms with Gasteiger partial charge >= 0.3 is 5.76 Å². The lowest BCUT2D eigenvalue weighted by atomic mass is 10.1. The van der Waals surface area contributed by atoms with Crippen LogP contribution in [0.25, 0.3) is 11.1 Å². The van der Waals surface area contributed by atoms with Crippen molar-refractivity contribution in [3.63, 3.8) is 0 Å². The van der Waals surface area contributed by atoms with Gasteiger partial charge in [-0.05, 0) is 37.1 Å². The molecule has 1 aromatic heterocycles. The fourth-order valence-electron chi connectivity index (χ4n) is 2.96. The van der Waals surface area contributed by atoms with E-state index in [0.29, 0.717) is 22.0 Å². The number of carbonyl (C=O) groups excluding carboxylic acids is 1. The Balaban J connectivity index is 1.60. The van der Waals surface area contributed by atoms with E-state index in [1.165, 1.54) is 22.8 Å². The van der Waals surface area contributed by atoms with Gasteiger partial charge in [0.15, 0.2) is 5.58 Å². The monoisotopic (exact) mass is 437 g/mol. The summed E-state index contributed by atoms with van der Waals surface area (Å²) < 4.78 is 6.43. The van der Waals surface area contributed by atoms with Crippen molar-refractivity contribution in [1.82, 2.24) is 9.88 Å². The molecule has 1 N–H and O–H groups in total. The fraction of sp³-hybridized carbons (Fsp3) is 0.263. The molecule has 0 bridgehead atoms. The molecule has 0 fully saturated rings. The molecule has 1 atom stereocenters. The molecule has 0 aliphatic carbocycles. The van der Waals surface area contributed by atoms with Gasteiger partial charge < -0.3 is 9.73 Å². The van der Waals surface area contributed by atoms with Gasteiger partial charge in [-0.1, -0.05) is 29.3 Å². The predicted molar refractivity (Wildman–Crippen MR) is 109 cm³/mol. The Morgan fingerprint density at radius 3 is 2.69 bits per heavy atom. The van der Waals surface area contributed by atoms with E-state index in [2.05, 4.69) is 5.32 Å². The first-order valence-corrected chi connectivity index (χ1v) is 9.54. The summed E-state index contributed by atoms with van der Waals surface area (Å²) in [5, 5.41) is 14.6. The third-order valence-electron chi connectivity index (χ3n) is 4.47. The maximum absolute atomic E-state index is 12.2. The van der Waals surface area contributed by atoms with Gasteiger partial charge in [0, 0.05) is 19.0 Å². The van der Waals surface area contributed by atoms with Crippen molar-refractivity contribution >= 4 is 45.9 Å². The highest BCUT2D eigenvalue weighted by Crippen LogP contribution is 2.25. The Labute approximate surface area is 175 Å². The number of oxazole rings is 1. The lowest BCUT2D eigenvalue weighted by molar-refractivity contribution is -0.384. The maximum Gasteiger partial charge on any atom is 0.419 e. The maximum atomic E-state index is 12.2. The Hall–Kier alpha value is -2.84. The lowest BCUT2D eigenvalue weighted by Gasteiger charge is -2.15. The van der Waals surface area contributed by atoms with Crippen molar-refractivity contribution in [3.05, 3.63) is 72.7 Å². The molecule has 0 saturated carbocycles. The minimum atomic E-state index is -0.620. The molecule has 29 heavy (non-hydrogen) atoms. The number of nitro groups is 1. The SMILES string of the molecule is CC(NC(=O)CCCn1c(=O)oc2cc([N+](=O)[O-])ccc21)c1ccc(Cl)c(Cl)c1. The number of benzene rings is 2. The number of aryl methyl sites for hydroxylation is 1. The van der Waals surface area contributed by atoms with Crippen LogP contribution in [0, 0.1) is 10.1 Å². The molecule has 10 heteroatoms. The fourth-order valence-corrected chi connectivity index (χ4v) is 3.26. The first-order valence-electron chi connectivity index (χ1n) is 8.78. The smallest absolute Gasteiger partial charge is 0.407 e. The Morgan fingerprint density at radius 1 is 1.24 bits per heavy atom. The number of carbonyl (C=O) groups is 1. The molecule has 0 aliphatic heterocycles. The third kappa shape index (κ3) is 4.78. The van der Waals surface area contributed by atoms with Gasteiger partial charge in [0.1, 0.15) is 0 Å². The lowest BCUT2D eigenvalue weighted by Crippen LogP contribution is -2.27. The van der Waals surface area contributed by atoms with Gasteiger partial charge in [-0.15, -0.1) is 0 Å². The third-order valence-corrected chi connectivity index (χ3v) is 5.21. The Morgan fingerprint density at radius 2 is 2.00 bits per heavy atom. The van der Waals surface area contributed by atoms with Gasteiger partial charge in [-0.3, -0.25) is 19.5 Å². The van der Waals surface area contributed by atoms with E-state index in [1.54, 1.807) is 18.2 Å². The van der Waals surface area contributed by atoms with Crippen molar-refractivity contribution in [2.45, 2.75) is 32.4 Å². The topological polar surface area (TPSA) is 107 Å². The summed E-state index contributed by atoms with van der Waals surface area (Å²) in [6.45, 7) is 2.08. The molecule has 2 aromatic carbocycles. The van der Waals surface area contributed by atoms with E-state index in [1.807, 2.05) is 6.92 Å². The second-order valence-corrected chi connectivity index (χ2v) is 7.31. The number of nitrogens with one attached hydrogen (secondary N) is 1. The van der Waals surface area contributed by atoms with Gasteiger partial charge in [0.25, 0.3) is 5.69 Å². The zero-order chi connectivity index (χ0) is 21.1. The molecule has 3 rings (SSSR count).